The molecular weight excluding hydrogens is 558 g/mol. The molecule has 0 N–H and O–H groups in total. The quantitative estimate of drug-likeness (QED) is 0.293. The number of hydrogen-bond acceptors (Lipinski definition) is 2. The second kappa shape index (κ2) is 25.0. The van der Waals surface area contributed by atoms with E-state index in [-0.39, 0.29) is 0 Å². The molecule has 1 aliphatic heterocycles. The van der Waals surface area contributed by atoms with Gasteiger partial charge in [-0.3, -0.25) is 4.90 Å². The molecule has 1 saturated carbocycles. The van der Waals surface area contributed by atoms with Crippen molar-refractivity contribution >= 4 is 0 Å². The first kappa shape index (κ1) is 52.7. The van der Waals surface area contributed by atoms with Crippen molar-refractivity contribution in [1.29, 1.82) is 0 Å². The van der Waals surface area contributed by atoms with Crippen molar-refractivity contribution in [2.24, 2.45) is 38.9 Å². The Morgan fingerprint density at radius 1 is 0.565 bits per heavy atom. The number of rotatable bonds is 2. The van der Waals surface area contributed by atoms with Crippen LogP contribution in [0.2, 0.25) is 0 Å². The molecule has 0 radical (unpaired) electrons. The fourth-order valence-corrected chi connectivity index (χ4v) is 4.70. The van der Waals surface area contributed by atoms with Gasteiger partial charge in [0.1, 0.15) is 0 Å². The minimum Gasteiger partial charge on any atom is -0.379 e. The average Bonchev–Trinajstić information content (AvgIpc) is 2.83. The smallest absolute Gasteiger partial charge is 0.0594 e. The normalized spacial score (nSPS) is 17.0. The predicted molar refractivity (Wildman–Crippen MR) is 216 cm³/mol. The van der Waals surface area contributed by atoms with E-state index in [2.05, 4.69) is 164 Å². The van der Waals surface area contributed by atoms with E-state index >= 15 is 0 Å². The van der Waals surface area contributed by atoms with Crippen molar-refractivity contribution in [3.63, 3.8) is 0 Å². The van der Waals surface area contributed by atoms with Gasteiger partial charge in [0.2, 0.25) is 0 Å². The van der Waals surface area contributed by atoms with Gasteiger partial charge in [-0.05, 0) is 85.4 Å². The van der Waals surface area contributed by atoms with Crippen molar-refractivity contribution < 1.29 is 4.74 Å². The molecule has 1 saturated heterocycles. The van der Waals surface area contributed by atoms with Crippen LogP contribution in [0.5, 0.6) is 0 Å². The molecule has 0 aromatic carbocycles. The van der Waals surface area contributed by atoms with Crippen LogP contribution in [0, 0.1) is 38.9 Å². The molecule has 0 amide bonds. The van der Waals surface area contributed by atoms with Gasteiger partial charge < -0.3 is 4.74 Å². The van der Waals surface area contributed by atoms with Crippen LogP contribution in [-0.2, 0) is 4.74 Å². The third-order valence-corrected chi connectivity index (χ3v) is 8.52. The Hall–Kier alpha value is -0.0800. The predicted octanol–water partition coefficient (Wildman–Crippen LogP) is 15.1. The zero-order valence-electron chi connectivity index (χ0n) is 37.2. The highest BCUT2D eigenvalue weighted by Crippen LogP contribution is 2.37. The minimum absolute atomic E-state index is 0.323. The second-order valence-corrected chi connectivity index (χ2v) is 21.6. The van der Waals surface area contributed by atoms with Gasteiger partial charge in [0.25, 0.3) is 0 Å². The van der Waals surface area contributed by atoms with E-state index in [4.69, 9.17) is 4.74 Å². The van der Waals surface area contributed by atoms with E-state index < -0.39 is 0 Å². The van der Waals surface area contributed by atoms with Gasteiger partial charge in [0.05, 0.1) is 13.2 Å². The summed E-state index contributed by atoms with van der Waals surface area (Å²) in [5, 5.41) is 0. The minimum atomic E-state index is 0.323. The second-order valence-electron chi connectivity index (χ2n) is 21.6. The van der Waals surface area contributed by atoms with E-state index in [1.165, 1.54) is 57.8 Å². The topological polar surface area (TPSA) is 12.5 Å². The molecule has 284 valence electrons. The molecule has 0 unspecified atom stereocenters. The molecule has 0 atom stereocenters. The van der Waals surface area contributed by atoms with Crippen molar-refractivity contribution in [1.82, 2.24) is 4.90 Å². The SMILES string of the molecule is CC(C)(C)C.CC(C)(C)C1CCCCC1.CC(C)(C)N1CCOCC1.CC(C)C(C)(C)C.CCCC(C)(C)C.CCCC(C)(C)C. The first-order chi connectivity index (χ1) is 20.3. The van der Waals surface area contributed by atoms with Crippen molar-refractivity contribution in [2.75, 3.05) is 26.3 Å². The fraction of sp³-hybridized carbons (Fsp3) is 1.00. The van der Waals surface area contributed by atoms with Gasteiger partial charge in [-0.2, -0.15) is 0 Å². The van der Waals surface area contributed by atoms with E-state index in [9.17, 15) is 0 Å². The lowest BCUT2D eigenvalue weighted by atomic mass is 9.72. The Labute approximate surface area is 296 Å². The zero-order valence-corrected chi connectivity index (χ0v) is 37.2. The molecule has 0 aromatic rings. The monoisotopic (exact) mass is 656 g/mol. The van der Waals surface area contributed by atoms with Gasteiger partial charge in [-0.15, -0.1) is 0 Å². The largest absolute Gasteiger partial charge is 0.379 e. The molecule has 2 heteroatoms. The Morgan fingerprint density at radius 3 is 1.00 bits per heavy atom. The highest BCUT2D eigenvalue weighted by atomic mass is 16.5. The van der Waals surface area contributed by atoms with Crippen LogP contribution in [0.4, 0.5) is 0 Å². The van der Waals surface area contributed by atoms with Crippen molar-refractivity contribution in [3.05, 3.63) is 0 Å². The summed E-state index contributed by atoms with van der Waals surface area (Å²) >= 11 is 0. The molecule has 2 nitrogen and oxygen atoms in total. The molecule has 1 heterocycles. The molecule has 0 bridgehead atoms. The molecule has 2 rings (SSSR count). The zero-order chi connectivity index (χ0) is 37.6. The van der Waals surface area contributed by atoms with Gasteiger partial charge in [-0.25, -0.2) is 0 Å². The number of ether oxygens (including phenoxy) is 1. The summed E-state index contributed by atoms with van der Waals surface area (Å²) in [7, 11) is 0. The Morgan fingerprint density at radius 2 is 0.870 bits per heavy atom. The first-order valence-electron chi connectivity index (χ1n) is 19.6. The summed E-state index contributed by atoms with van der Waals surface area (Å²) in [6.45, 7) is 56.0. The average molecular weight is 656 g/mol. The third kappa shape index (κ3) is 46.0. The number of nitrogens with zero attached hydrogens (tertiary/aromatic N) is 1. The maximum absolute atomic E-state index is 5.25. The van der Waals surface area contributed by atoms with Crippen LogP contribution >= 0.6 is 0 Å². The van der Waals surface area contributed by atoms with E-state index in [0.29, 0.717) is 32.6 Å². The van der Waals surface area contributed by atoms with Gasteiger partial charge in [0.15, 0.2) is 0 Å². The summed E-state index contributed by atoms with van der Waals surface area (Å²) < 4.78 is 5.25. The Balaban J connectivity index is -0.000000234. The summed E-state index contributed by atoms with van der Waals surface area (Å²) in [5.74, 6) is 1.80. The molecule has 0 spiro atoms. The lowest BCUT2D eigenvalue weighted by Gasteiger charge is -2.38. The van der Waals surface area contributed by atoms with Gasteiger partial charge in [0, 0.05) is 18.6 Å². The van der Waals surface area contributed by atoms with E-state index in [1.54, 1.807) is 0 Å². The van der Waals surface area contributed by atoms with Crippen LogP contribution in [0.15, 0.2) is 0 Å². The van der Waals surface area contributed by atoms with Crippen LogP contribution in [0.25, 0.3) is 0 Å². The van der Waals surface area contributed by atoms with Gasteiger partial charge in [-0.1, -0.05) is 171 Å². The van der Waals surface area contributed by atoms with E-state index in [1.807, 2.05) is 0 Å². The summed E-state index contributed by atoms with van der Waals surface area (Å²) in [4.78, 5) is 2.45. The standard InChI is InChI=1S/C10H20.C8H17NO.3C7H16.C5H12/c1-10(2,3)9-7-5-4-6-8-9;1-8(2,3)9-4-6-10-7-5-9;1-6(2)7(3,4)5;2*1-5-6-7(2,3)4;1-5(2,3)4/h9H,4-8H2,1-3H3;4-7H2,1-3H3;6H,1-5H3;2*5-6H2,1-4H3;1-4H3. The molecule has 0 aromatic heterocycles. The van der Waals surface area contributed by atoms with Crippen LogP contribution in [-0.4, -0.2) is 36.7 Å². The Kier molecular flexibility index (Phi) is 28.6. The lowest BCUT2D eigenvalue weighted by Crippen LogP contribution is -2.47. The maximum Gasteiger partial charge on any atom is 0.0594 e. The fourth-order valence-electron chi connectivity index (χ4n) is 4.70. The summed E-state index contributed by atoms with van der Waals surface area (Å²) in [6.07, 6.45) is 12.7. The molecule has 1 aliphatic carbocycles. The highest BCUT2D eigenvalue weighted by Gasteiger charge is 2.25. The van der Waals surface area contributed by atoms with Crippen molar-refractivity contribution in [2.45, 2.75) is 223 Å². The summed E-state index contributed by atoms with van der Waals surface area (Å²) in [5.41, 5.74) is 2.99. The third-order valence-electron chi connectivity index (χ3n) is 8.52. The molecule has 2 aliphatic rings. The van der Waals surface area contributed by atoms with Crippen LogP contribution in [0.3, 0.4) is 0 Å². The Bertz CT molecular complexity index is 587. The number of morpholine rings is 1. The molecule has 2 fully saturated rings. The van der Waals surface area contributed by atoms with Gasteiger partial charge >= 0.3 is 0 Å². The molecule has 46 heavy (non-hydrogen) atoms. The maximum atomic E-state index is 5.25. The van der Waals surface area contributed by atoms with Crippen LogP contribution in [0.1, 0.15) is 217 Å². The highest BCUT2D eigenvalue weighted by molar-refractivity contribution is 4.78. The lowest BCUT2D eigenvalue weighted by molar-refractivity contribution is -0.00389. The van der Waals surface area contributed by atoms with Crippen LogP contribution < -0.4 is 0 Å². The van der Waals surface area contributed by atoms with Crippen molar-refractivity contribution in [3.8, 4) is 0 Å². The van der Waals surface area contributed by atoms with E-state index in [0.717, 1.165) is 38.1 Å². The summed E-state index contributed by atoms with van der Waals surface area (Å²) in [6, 6.07) is 0. The first-order valence-corrected chi connectivity index (χ1v) is 19.6. The number of hydrogen-bond donors (Lipinski definition) is 0. The molecular formula is C44H97NO.